The molecule has 0 saturated carbocycles. The molecule has 2 N–H and O–H groups in total. The predicted octanol–water partition coefficient (Wildman–Crippen LogP) is 2.97. The second-order valence-corrected chi connectivity index (χ2v) is 4.50. The smallest absolute Gasteiger partial charge is 0.161 e. The van der Waals surface area contributed by atoms with E-state index in [-0.39, 0.29) is 0 Å². The fourth-order valence-electron chi connectivity index (χ4n) is 2.05. The van der Waals surface area contributed by atoms with Gasteiger partial charge in [0.15, 0.2) is 5.76 Å². The molecule has 2 heteroatoms. The van der Waals surface area contributed by atoms with E-state index in [1.807, 2.05) is 25.1 Å². The number of furan rings is 1. The molecule has 0 saturated heterocycles. The van der Waals surface area contributed by atoms with E-state index in [4.69, 9.17) is 4.42 Å². The van der Waals surface area contributed by atoms with E-state index >= 15 is 0 Å². The number of hydrogen-bond acceptors (Lipinski definition) is 1. The average molecular weight is 242 g/mol. The molecule has 1 atom stereocenters. The number of nitrogens with two attached hydrogens (primary N) is 1. The van der Waals surface area contributed by atoms with E-state index < -0.39 is 0 Å². The Labute approximate surface area is 108 Å². The third kappa shape index (κ3) is 3.34. The Kier molecular flexibility index (Phi) is 4.37. The van der Waals surface area contributed by atoms with Crippen molar-refractivity contribution < 1.29 is 9.73 Å². The molecule has 2 nitrogen and oxygen atoms in total. The van der Waals surface area contributed by atoms with Crippen molar-refractivity contribution in [3.05, 3.63) is 72.2 Å². The van der Waals surface area contributed by atoms with Crippen LogP contribution in [0.15, 0.2) is 59.5 Å². The minimum atomic E-state index is 0.316. The number of hydrogen-bond donors (Lipinski definition) is 1. The fourth-order valence-corrected chi connectivity index (χ4v) is 2.05. The van der Waals surface area contributed by atoms with E-state index in [0.717, 1.165) is 24.5 Å². The Morgan fingerprint density at radius 1 is 1.22 bits per heavy atom. The molecule has 1 heterocycles. The minimum absolute atomic E-state index is 0.316. The summed E-state index contributed by atoms with van der Waals surface area (Å²) in [5, 5.41) is 2.30. The molecule has 94 valence electrons. The second kappa shape index (κ2) is 6.22. The van der Waals surface area contributed by atoms with Crippen LogP contribution in [-0.2, 0) is 6.54 Å². The van der Waals surface area contributed by atoms with Gasteiger partial charge in [-0.15, -0.1) is 6.58 Å². The van der Waals surface area contributed by atoms with Crippen molar-refractivity contribution in [2.24, 2.45) is 0 Å². The number of benzene rings is 1. The number of aryl methyl sites for hydroxylation is 1. The zero-order valence-electron chi connectivity index (χ0n) is 10.8. The largest absolute Gasteiger partial charge is 0.460 e. The molecule has 0 unspecified atom stereocenters. The van der Waals surface area contributed by atoms with Crippen molar-refractivity contribution in [3.63, 3.8) is 0 Å². The number of quaternary nitrogens is 1. The highest BCUT2D eigenvalue weighted by Crippen LogP contribution is 2.16. The third-order valence-electron chi connectivity index (χ3n) is 3.03. The molecule has 0 bridgehead atoms. The fraction of sp³-hybridized carbons (Fsp3) is 0.250. The molecule has 18 heavy (non-hydrogen) atoms. The second-order valence-electron chi connectivity index (χ2n) is 4.50. The van der Waals surface area contributed by atoms with Crippen LogP contribution in [0.2, 0.25) is 0 Å². The van der Waals surface area contributed by atoms with Gasteiger partial charge in [-0.3, -0.25) is 0 Å². The molecule has 1 aromatic heterocycles. The molecule has 0 spiro atoms. The van der Waals surface area contributed by atoms with Crippen LogP contribution in [0.4, 0.5) is 0 Å². The predicted molar refractivity (Wildman–Crippen MR) is 73.1 cm³/mol. The van der Waals surface area contributed by atoms with Gasteiger partial charge in [-0.1, -0.05) is 36.4 Å². The first-order valence-electron chi connectivity index (χ1n) is 6.34. The maximum Gasteiger partial charge on any atom is 0.161 e. The zero-order valence-corrected chi connectivity index (χ0v) is 10.8. The third-order valence-corrected chi connectivity index (χ3v) is 3.03. The van der Waals surface area contributed by atoms with Crippen LogP contribution in [-0.4, -0.2) is 0 Å². The molecule has 0 aliphatic carbocycles. The number of rotatable bonds is 6. The monoisotopic (exact) mass is 242 g/mol. The highest BCUT2D eigenvalue weighted by Gasteiger charge is 2.16. The summed E-state index contributed by atoms with van der Waals surface area (Å²) in [7, 11) is 0. The molecular formula is C16H20NO+. The first-order valence-corrected chi connectivity index (χ1v) is 6.34. The summed E-state index contributed by atoms with van der Waals surface area (Å²) >= 11 is 0. The van der Waals surface area contributed by atoms with Crippen molar-refractivity contribution in [1.82, 2.24) is 0 Å². The summed E-state index contributed by atoms with van der Waals surface area (Å²) in [6, 6.07) is 14.9. The van der Waals surface area contributed by atoms with E-state index in [9.17, 15) is 0 Å². The van der Waals surface area contributed by atoms with E-state index in [1.165, 1.54) is 5.56 Å². The van der Waals surface area contributed by atoms with Gasteiger partial charge in [-0.25, -0.2) is 0 Å². The van der Waals surface area contributed by atoms with Gasteiger partial charge in [0.25, 0.3) is 0 Å². The Hall–Kier alpha value is -1.80. The minimum Gasteiger partial charge on any atom is -0.460 e. The van der Waals surface area contributed by atoms with Crippen molar-refractivity contribution in [2.45, 2.75) is 25.9 Å². The van der Waals surface area contributed by atoms with Gasteiger partial charge in [0, 0.05) is 12.0 Å². The van der Waals surface area contributed by atoms with Crippen LogP contribution in [0, 0.1) is 6.92 Å². The zero-order chi connectivity index (χ0) is 12.8. The lowest BCUT2D eigenvalue weighted by Gasteiger charge is -2.11. The van der Waals surface area contributed by atoms with Crippen molar-refractivity contribution in [1.29, 1.82) is 0 Å². The van der Waals surface area contributed by atoms with Gasteiger partial charge >= 0.3 is 0 Å². The molecule has 0 amide bonds. The van der Waals surface area contributed by atoms with E-state index in [2.05, 4.69) is 42.2 Å². The first-order chi connectivity index (χ1) is 8.79. The van der Waals surface area contributed by atoms with Crippen molar-refractivity contribution >= 4 is 0 Å². The van der Waals surface area contributed by atoms with Crippen LogP contribution in [0.1, 0.15) is 29.5 Å². The van der Waals surface area contributed by atoms with Crippen LogP contribution >= 0.6 is 0 Å². The topological polar surface area (TPSA) is 29.8 Å². The Balaban J connectivity index is 2.01. The molecule has 0 radical (unpaired) electrons. The van der Waals surface area contributed by atoms with Crippen molar-refractivity contribution in [2.75, 3.05) is 0 Å². The normalized spacial score (nSPS) is 12.3. The van der Waals surface area contributed by atoms with Crippen LogP contribution in [0.25, 0.3) is 0 Å². The standard InChI is InChI=1S/C16H19NO/c1-3-7-15(16-11-10-13(2)18-16)17-12-14-8-5-4-6-9-14/h3-6,8-11,15,17H,1,7,12H2,2H3/p+1/t15-/m1/s1. The summed E-state index contributed by atoms with van der Waals surface area (Å²) in [5.74, 6) is 2.00. The molecule has 2 rings (SSSR count). The van der Waals surface area contributed by atoms with Gasteiger partial charge in [0.1, 0.15) is 18.3 Å². The Bertz CT molecular complexity index is 487. The lowest BCUT2D eigenvalue weighted by atomic mass is 10.1. The maximum atomic E-state index is 5.71. The van der Waals surface area contributed by atoms with Gasteiger partial charge in [0.2, 0.25) is 0 Å². The van der Waals surface area contributed by atoms with Crippen LogP contribution in [0.3, 0.4) is 0 Å². The van der Waals surface area contributed by atoms with Gasteiger partial charge < -0.3 is 9.73 Å². The van der Waals surface area contributed by atoms with Gasteiger partial charge in [-0.05, 0) is 19.1 Å². The van der Waals surface area contributed by atoms with E-state index in [1.54, 1.807) is 0 Å². The SMILES string of the molecule is C=CC[C@@H]([NH2+]Cc1ccccc1)c1ccc(C)o1. The Morgan fingerprint density at radius 2 is 2.00 bits per heavy atom. The average Bonchev–Trinajstić information content (AvgIpc) is 2.82. The molecular weight excluding hydrogens is 222 g/mol. The van der Waals surface area contributed by atoms with Crippen molar-refractivity contribution in [3.8, 4) is 0 Å². The molecule has 2 aromatic rings. The summed E-state index contributed by atoms with van der Waals surface area (Å²) in [5.41, 5.74) is 1.33. The quantitative estimate of drug-likeness (QED) is 0.775. The van der Waals surface area contributed by atoms with Gasteiger partial charge in [0.05, 0.1) is 0 Å². The molecule has 1 aromatic carbocycles. The summed E-state index contributed by atoms with van der Waals surface area (Å²) in [6.07, 6.45) is 2.86. The summed E-state index contributed by atoms with van der Waals surface area (Å²) < 4.78 is 5.71. The lowest BCUT2D eigenvalue weighted by Crippen LogP contribution is -2.83. The molecule has 0 aliphatic rings. The molecule has 0 fully saturated rings. The van der Waals surface area contributed by atoms with E-state index in [0.29, 0.717) is 6.04 Å². The molecule has 0 aliphatic heterocycles. The van der Waals surface area contributed by atoms with Gasteiger partial charge in [-0.2, -0.15) is 0 Å². The maximum absolute atomic E-state index is 5.71. The summed E-state index contributed by atoms with van der Waals surface area (Å²) in [6.45, 7) is 6.76. The summed E-state index contributed by atoms with van der Waals surface area (Å²) in [4.78, 5) is 0. The lowest BCUT2D eigenvalue weighted by molar-refractivity contribution is -0.712. The highest BCUT2D eigenvalue weighted by atomic mass is 16.3. The Morgan fingerprint density at radius 3 is 2.61 bits per heavy atom. The highest BCUT2D eigenvalue weighted by molar-refractivity contribution is 5.13. The van der Waals surface area contributed by atoms with Crippen LogP contribution in [0.5, 0.6) is 0 Å². The van der Waals surface area contributed by atoms with Crippen LogP contribution < -0.4 is 5.32 Å². The first kappa shape index (κ1) is 12.7.